The van der Waals surface area contributed by atoms with Crippen LogP contribution in [-0.4, -0.2) is 47.2 Å². The van der Waals surface area contributed by atoms with Crippen LogP contribution < -0.4 is 10.6 Å². The van der Waals surface area contributed by atoms with Gasteiger partial charge in [0, 0.05) is 24.8 Å². The van der Waals surface area contributed by atoms with E-state index in [2.05, 4.69) is 10.6 Å². The summed E-state index contributed by atoms with van der Waals surface area (Å²) in [6, 6.07) is 4.71. The van der Waals surface area contributed by atoms with Gasteiger partial charge in [-0.2, -0.15) is 0 Å². The third kappa shape index (κ3) is 4.42. The predicted octanol–water partition coefficient (Wildman–Crippen LogP) is 1.88. The summed E-state index contributed by atoms with van der Waals surface area (Å²) < 4.78 is 12.8. The summed E-state index contributed by atoms with van der Waals surface area (Å²) in [4.78, 5) is 24.7. The lowest BCUT2D eigenvalue weighted by atomic mass is 10.0. The quantitative estimate of drug-likeness (QED) is 0.793. The Balaban J connectivity index is 1.77. The third-order valence-corrected chi connectivity index (χ3v) is 3.87. The fourth-order valence-electron chi connectivity index (χ4n) is 2.47. The van der Waals surface area contributed by atoms with Crippen LogP contribution in [0.15, 0.2) is 24.3 Å². The monoisotopic (exact) mass is 309 g/mol. The molecule has 22 heavy (non-hydrogen) atoms. The number of hydrogen-bond acceptors (Lipinski definition) is 3. The number of nitrogens with one attached hydrogen (secondary N) is 2. The fourth-order valence-corrected chi connectivity index (χ4v) is 2.47. The zero-order valence-corrected chi connectivity index (χ0v) is 12.4. The minimum atomic E-state index is -0.833. The number of anilines is 1. The largest absolute Gasteiger partial charge is 0.480 e. The van der Waals surface area contributed by atoms with Gasteiger partial charge in [0.15, 0.2) is 0 Å². The van der Waals surface area contributed by atoms with E-state index in [9.17, 15) is 14.0 Å². The molecule has 1 aromatic carbocycles. The van der Waals surface area contributed by atoms with Crippen molar-refractivity contribution in [1.29, 1.82) is 0 Å². The Hall–Kier alpha value is -2.15. The second kappa shape index (κ2) is 7.22. The molecular weight excluding hydrogens is 289 g/mol. The summed E-state index contributed by atoms with van der Waals surface area (Å²) >= 11 is 0. The number of piperidine rings is 1. The third-order valence-electron chi connectivity index (χ3n) is 3.87. The number of carboxylic acid groups (broad SMARTS) is 1. The Morgan fingerprint density at radius 3 is 2.41 bits per heavy atom. The molecule has 1 aromatic rings. The van der Waals surface area contributed by atoms with Gasteiger partial charge < -0.3 is 15.7 Å². The molecule has 1 atom stereocenters. The normalized spacial score (nSPS) is 17.7. The molecule has 0 spiro atoms. The molecule has 2 rings (SSSR count). The molecule has 7 heteroatoms. The molecule has 1 saturated heterocycles. The fraction of sp³-hybridized carbons (Fsp3) is 0.467. The van der Waals surface area contributed by atoms with Crippen LogP contribution in [0.3, 0.4) is 0 Å². The van der Waals surface area contributed by atoms with Crippen molar-refractivity contribution in [2.45, 2.75) is 31.8 Å². The molecule has 0 saturated carbocycles. The number of likely N-dealkylation sites (tertiary alicyclic amines) is 1. The summed E-state index contributed by atoms with van der Waals surface area (Å²) in [6.45, 7) is 2.93. The Kier molecular flexibility index (Phi) is 5.32. The lowest BCUT2D eigenvalue weighted by Gasteiger charge is -2.34. The van der Waals surface area contributed by atoms with Crippen molar-refractivity contribution < 1.29 is 19.1 Å². The van der Waals surface area contributed by atoms with Crippen LogP contribution in [0.2, 0.25) is 0 Å². The van der Waals surface area contributed by atoms with Crippen LogP contribution in [0.1, 0.15) is 19.8 Å². The number of aliphatic carboxylic acids is 1. The zero-order chi connectivity index (χ0) is 16.1. The molecule has 0 aromatic heterocycles. The number of nitrogens with zero attached hydrogens (tertiary/aromatic N) is 1. The van der Waals surface area contributed by atoms with Gasteiger partial charge in [0.25, 0.3) is 0 Å². The molecule has 1 aliphatic heterocycles. The van der Waals surface area contributed by atoms with Crippen molar-refractivity contribution in [3.8, 4) is 0 Å². The Bertz CT molecular complexity index is 527. The van der Waals surface area contributed by atoms with Gasteiger partial charge in [0.05, 0.1) is 0 Å². The molecular formula is C15H20FN3O3. The zero-order valence-electron chi connectivity index (χ0n) is 12.4. The molecule has 0 radical (unpaired) electrons. The minimum absolute atomic E-state index is 0.0118. The average molecular weight is 309 g/mol. The van der Waals surface area contributed by atoms with Crippen LogP contribution in [-0.2, 0) is 4.79 Å². The van der Waals surface area contributed by atoms with Gasteiger partial charge >= 0.3 is 12.0 Å². The van der Waals surface area contributed by atoms with E-state index in [1.807, 2.05) is 4.90 Å². The number of rotatable bonds is 4. The summed E-state index contributed by atoms with van der Waals surface area (Å²) in [5.74, 6) is -1.19. The predicted molar refractivity (Wildman–Crippen MR) is 80.2 cm³/mol. The molecule has 1 aliphatic rings. The number of benzene rings is 1. The van der Waals surface area contributed by atoms with E-state index in [1.54, 1.807) is 6.92 Å². The van der Waals surface area contributed by atoms with Crippen LogP contribution in [0, 0.1) is 5.82 Å². The van der Waals surface area contributed by atoms with Gasteiger partial charge in [0.1, 0.15) is 11.9 Å². The smallest absolute Gasteiger partial charge is 0.320 e. The molecule has 120 valence electrons. The SMILES string of the molecule is CC(C(=O)O)N1CCC(NC(=O)Nc2ccc(F)cc2)CC1. The number of urea groups is 1. The van der Waals surface area contributed by atoms with E-state index in [1.165, 1.54) is 24.3 Å². The van der Waals surface area contributed by atoms with Crippen molar-refractivity contribution >= 4 is 17.7 Å². The van der Waals surface area contributed by atoms with E-state index in [4.69, 9.17) is 5.11 Å². The van der Waals surface area contributed by atoms with Gasteiger partial charge in [0.2, 0.25) is 0 Å². The van der Waals surface area contributed by atoms with E-state index in [-0.39, 0.29) is 17.9 Å². The molecule has 0 aliphatic carbocycles. The Labute approximate surface area is 128 Å². The van der Waals surface area contributed by atoms with Crippen LogP contribution >= 0.6 is 0 Å². The van der Waals surface area contributed by atoms with Gasteiger partial charge in [-0.1, -0.05) is 0 Å². The molecule has 1 fully saturated rings. The summed E-state index contributed by atoms with van der Waals surface area (Å²) in [7, 11) is 0. The van der Waals surface area contributed by atoms with Gasteiger partial charge in [-0.25, -0.2) is 9.18 Å². The minimum Gasteiger partial charge on any atom is -0.480 e. The lowest BCUT2D eigenvalue weighted by Crippen LogP contribution is -2.50. The Morgan fingerprint density at radius 1 is 1.27 bits per heavy atom. The van der Waals surface area contributed by atoms with Crippen molar-refractivity contribution in [3.05, 3.63) is 30.1 Å². The molecule has 1 heterocycles. The second-order valence-electron chi connectivity index (χ2n) is 5.43. The number of carbonyl (C=O) groups is 2. The van der Waals surface area contributed by atoms with Gasteiger partial charge in [-0.15, -0.1) is 0 Å². The highest BCUT2D eigenvalue weighted by Crippen LogP contribution is 2.14. The summed E-state index contributed by atoms with van der Waals surface area (Å²) in [6.07, 6.45) is 1.41. The van der Waals surface area contributed by atoms with Crippen molar-refractivity contribution in [1.82, 2.24) is 10.2 Å². The molecule has 3 N–H and O–H groups in total. The van der Waals surface area contributed by atoms with Crippen LogP contribution in [0.4, 0.5) is 14.9 Å². The van der Waals surface area contributed by atoms with Gasteiger partial charge in [-0.05, 0) is 44.0 Å². The number of hydrogen-bond donors (Lipinski definition) is 3. The average Bonchev–Trinajstić information content (AvgIpc) is 2.49. The number of halogens is 1. The van der Waals surface area contributed by atoms with Crippen LogP contribution in [0.25, 0.3) is 0 Å². The second-order valence-corrected chi connectivity index (χ2v) is 5.43. The molecule has 1 unspecified atom stereocenters. The number of carboxylic acids is 1. The van der Waals surface area contributed by atoms with Gasteiger partial charge in [-0.3, -0.25) is 9.69 Å². The molecule has 2 amide bonds. The van der Waals surface area contributed by atoms with E-state index < -0.39 is 12.0 Å². The first-order valence-corrected chi connectivity index (χ1v) is 7.25. The molecule has 0 bridgehead atoms. The first kappa shape index (κ1) is 16.2. The van der Waals surface area contributed by atoms with Crippen molar-refractivity contribution in [2.24, 2.45) is 0 Å². The van der Waals surface area contributed by atoms with E-state index in [0.717, 1.165) is 0 Å². The first-order chi connectivity index (χ1) is 10.5. The maximum absolute atomic E-state index is 12.8. The maximum atomic E-state index is 12.8. The summed E-state index contributed by atoms with van der Waals surface area (Å²) in [5, 5.41) is 14.5. The first-order valence-electron chi connectivity index (χ1n) is 7.25. The Morgan fingerprint density at radius 2 is 1.86 bits per heavy atom. The van der Waals surface area contributed by atoms with Crippen LogP contribution in [0.5, 0.6) is 0 Å². The van der Waals surface area contributed by atoms with Crippen molar-refractivity contribution in [2.75, 3.05) is 18.4 Å². The number of carbonyl (C=O) groups excluding carboxylic acids is 1. The van der Waals surface area contributed by atoms with E-state index >= 15 is 0 Å². The molecule has 6 nitrogen and oxygen atoms in total. The highest BCUT2D eigenvalue weighted by Gasteiger charge is 2.26. The highest BCUT2D eigenvalue weighted by molar-refractivity contribution is 5.89. The van der Waals surface area contributed by atoms with E-state index in [0.29, 0.717) is 31.6 Å². The van der Waals surface area contributed by atoms with Crippen molar-refractivity contribution in [3.63, 3.8) is 0 Å². The maximum Gasteiger partial charge on any atom is 0.320 e. The number of amides is 2. The highest BCUT2D eigenvalue weighted by atomic mass is 19.1. The summed E-state index contributed by atoms with van der Waals surface area (Å²) in [5.41, 5.74) is 0.524. The topological polar surface area (TPSA) is 81.7 Å². The standard InChI is InChI=1S/C15H20FN3O3/c1-10(14(20)21)19-8-6-13(7-9-19)18-15(22)17-12-4-2-11(16)3-5-12/h2-5,10,13H,6-9H2,1H3,(H,20,21)(H2,17,18,22). The lowest BCUT2D eigenvalue weighted by molar-refractivity contribution is -0.143.